The molecule has 0 aliphatic carbocycles. The van der Waals surface area contributed by atoms with E-state index < -0.39 is 5.54 Å². The van der Waals surface area contributed by atoms with Crippen molar-refractivity contribution in [3.8, 4) is 0 Å². The molecular formula is C8H12N2O3. The second-order valence-corrected chi connectivity index (χ2v) is 3.16. The van der Waals surface area contributed by atoms with Gasteiger partial charge >= 0.3 is 0 Å². The first-order valence-corrected chi connectivity index (χ1v) is 3.79. The maximum absolute atomic E-state index is 8.81. The summed E-state index contributed by atoms with van der Waals surface area (Å²) in [6.07, 6.45) is 1.47. The zero-order valence-electron chi connectivity index (χ0n) is 7.48. The maximum atomic E-state index is 8.81. The van der Waals surface area contributed by atoms with E-state index in [-0.39, 0.29) is 5.71 Å². The summed E-state index contributed by atoms with van der Waals surface area (Å²) in [5, 5.41) is 20.6. The number of rotatable bonds is 3. The summed E-state index contributed by atoms with van der Waals surface area (Å²) in [5.41, 5.74) is 1.41. The van der Waals surface area contributed by atoms with Gasteiger partial charge in [-0.15, -0.1) is 0 Å². The van der Waals surface area contributed by atoms with Crippen LogP contribution in [0.3, 0.4) is 0 Å². The van der Waals surface area contributed by atoms with Gasteiger partial charge in [-0.25, -0.2) is 0 Å². The van der Waals surface area contributed by atoms with Crippen molar-refractivity contribution in [1.29, 1.82) is 0 Å². The molecule has 1 aromatic heterocycles. The standard InChI is InChI=1S/C8H12N2O3/c1-8(2,10-12)7(9-11)6-4-3-5-13-6/h3-5,10-12H,1-2H3/b9-7+. The van der Waals surface area contributed by atoms with Gasteiger partial charge in [-0.3, -0.25) is 0 Å². The molecule has 0 saturated carbocycles. The van der Waals surface area contributed by atoms with E-state index >= 15 is 0 Å². The number of nitrogens with zero attached hydrogens (tertiary/aromatic N) is 1. The van der Waals surface area contributed by atoms with Gasteiger partial charge < -0.3 is 14.8 Å². The normalized spacial score (nSPS) is 13.3. The van der Waals surface area contributed by atoms with E-state index in [0.29, 0.717) is 5.76 Å². The highest BCUT2D eigenvalue weighted by atomic mass is 16.5. The number of hydrogen-bond acceptors (Lipinski definition) is 5. The van der Waals surface area contributed by atoms with Crippen molar-refractivity contribution < 1.29 is 14.8 Å². The van der Waals surface area contributed by atoms with Gasteiger partial charge in [0.25, 0.3) is 0 Å². The molecule has 1 heterocycles. The highest BCUT2D eigenvalue weighted by Crippen LogP contribution is 2.13. The van der Waals surface area contributed by atoms with Crippen molar-refractivity contribution in [1.82, 2.24) is 5.48 Å². The molecule has 0 unspecified atom stereocenters. The Labute approximate surface area is 75.6 Å². The van der Waals surface area contributed by atoms with Crippen molar-refractivity contribution in [3.05, 3.63) is 24.2 Å². The van der Waals surface area contributed by atoms with E-state index in [1.807, 2.05) is 5.48 Å². The lowest BCUT2D eigenvalue weighted by Crippen LogP contribution is -2.45. The van der Waals surface area contributed by atoms with Crippen LogP contribution < -0.4 is 5.48 Å². The first-order valence-electron chi connectivity index (χ1n) is 3.79. The largest absolute Gasteiger partial charge is 0.463 e. The third-order valence-electron chi connectivity index (χ3n) is 1.73. The van der Waals surface area contributed by atoms with Crippen LogP contribution in [0.4, 0.5) is 0 Å². The maximum Gasteiger partial charge on any atom is 0.153 e. The third kappa shape index (κ3) is 1.88. The molecule has 0 saturated heterocycles. The molecule has 0 aliphatic heterocycles. The van der Waals surface area contributed by atoms with Gasteiger partial charge in [0.15, 0.2) is 5.76 Å². The van der Waals surface area contributed by atoms with Crippen molar-refractivity contribution in [3.63, 3.8) is 0 Å². The highest BCUT2D eigenvalue weighted by molar-refractivity contribution is 6.04. The van der Waals surface area contributed by atoms with Crippen molar-refractivity contribution in [2.45, 2.75) is 19.4 Å². The van der Waals surface area contributed by atoms with Gasteiger partial charge in [-0.2, -0.15) is 5.48 Å². The van der Waals surface area contributed by atoms with E-state index in [2.05, 4.69) is 5.16 Å². The number of furan rings is 1. The summed E-state index contributed by atoms with van der Waals surface area (Å²) >= 11 is 0. The second kappa shape index (κ2) is 3.59. The Hall–Kier alpha value is -1.33. The Balaban J connectivity index is 3.01. The van der Waals surface area contributed by atoms with Crippen molar-refractivity contribution >= 4 is 5.71 Å². The minimum absolute atomic E-state index is 0.236. The molecule has 1 rings (SSSR count). The minimum Gasteiger partial charge on any atom is -0.463 e. The molecule has 0 radical (unpaired) electrons. The number of nitrogens with one attached hydrogen (secondary N) is 1. The molecule has 13 heavy (non-hydrogen) atoms. The van der Waals surface area contributed by atoms with Gasteiger partial charge in [-0.1, -0.05) is 5.16 Å². The Kier molecular flexibility index (Phi) is 2.69. The van der Waals surface area contributed by atoms with E-state index in [1.54, 1.807) is 26.0 Å². The average Bonchev–Trinajstić information content (AvgIpc) is 2.58. The van der Waals surface area contributed by atoms with Gasteiger partial charge in [-0.05, 0) is 26.0 Å². The lowest BCUT2D eigenvalue weighted by molar-refractivity contribution is 0.113. The molecule has 0 bridgehead atoms. The predicted molar refractivity (Wildman–Crippen MR) is 46.0 cm³/mol. The lowest BCUT2D eigenvalue weighted by atomic mass is 9.98. The predicted octanol–water partition coefficient (Wildman–Crippen LogP) is 1.22. The van der Waals surface area contributed by atoms with Crippen molar-refractivity contribution in [2.24, 2.45) is 5.16 Å². The molecule has 0 spiro atoms. The van der Waals surface area contributed by atoms with Crippen LogP contribution >= 0.6 is 0 Å². The third-order valence-corrected chi connectivity index (χ3v) is 1.73. The summed E-state index contributed by atoms with van der Waals surface area (Å²) in [5.74, 6) is 0.411. The Morgan fingerprint density at radius 2 is 2.31 bits per heavy atom. The van der Waals surface area contributed by atoms with E-state index in [9.17, 15) is 0 Å². The number of oxime groups is 1. The van der Waals surface area contributed by atoms with Gasteiger partial charge in [0.2, 0.25) is 0 Å². The van der Waals surface area contributed by atoms with Crippen LogP contribution in [0.15, 0.2) is 28.0 Å². The Bertz CT molecular complexity index is 290. The molecule has 5 nitrogen and oxygen atoms in total. The summed E-state index contributed by atoms with van der Waals surface area (Å²) in [6, 6.07) is 3.32. The molecule has 1 aromatic rings. The lowest BCUT2D eigenvalue weighted by Gasteiger charge is -2.21. The average molecular weight is 184 g/mol. The zero-order valence-corrected chi connectivity index (χ0v) is 7.48. The fraction of sp³-hybridized carbons (Fsp3) is 0.375. The monoisotopic (exact) mass is 184 g/mol. The van der Waals surface area contributed by atoms with Gasteiger partial charge in [0, 0.05) is 0 Å². The quantitative estimate of drug-likeness (QED) is 0.375. The molecule has 3 N–H and O–H groups in total. The van der Waals surface area contributed by atoms with Crippen LogP contribution in [0.5, 0.6) is 0 Å². The Morgan fingerprint density at radius 3 is 2.69 bits per heavy atom. The van der Waals surface area contributed by atoms with Gasteiger partial charge in [0.05, 0.1) is 11.8 Å². The topological polar surface area (TPSA) is 78.0 Å². The highest BCUT2D eigenvalue weighted by Gasteiger charge is 2.28. The summed E-state index contributed by atoms with van der Waals surface area (Å²) in [7, 11) is 0. The van der Waals surface area contributed by atoms with Crippen LogP contribution in [0.2, 0.25) is 0 Å². The molecule has 0 amide bonds. The minimum atomic E-state index is -0.855. The van der Waals surface area contributed by atoms with E-state index in [4.69, 9.17) is 14.8 Å². The number of hydrogen-bond donors (Lipinski definition) is 3. The number of hydroxylamine groups is 1. The van der Waals surface area contributed by atoms with Crippen molar-refractivity contribution in [2.75, 3.05) is 0 Å². The van der Waals surface area contributed by atoms with E-state index in [1.165, 1.54) is 6.26 Å². The molecule has 0 aliphatic rings. The first-order chi connectivity index (χ1) is 6.11. The van der Waals surface area contributed by atoms with E-state index in [0.717, 1.165) is 0 Å². The molecule has 0 fully saturated rings. The molecule has 0 aromatic carbocycles. The summed E-state index contributed by atoms with van der Waals surface area (Å²) in [6.45, 7) is 3.31. The summed E-state index contributed by atoms with van der Waals surface area (Å²) < 4.78 is 5.03. The van der Waals surface area contributed by atoms with Crippen LogP contribution in [0, 0.1) is 0 Å². The van der Waals surface area contributed by atoms with Crippen LogP contribution in [-0.4, -0.2) is 21.7 Å². The molecule has 0 atom stereocenters. The summed E-state index contributed by atoms with van der Waals surface area (Å²) in [4.78, 5) is 0. The second-order valence-electron chi connectivity index (χ2n) is 3.16. The zero-order chi connectivity index (χ0) is 9.90. The van der Waals surface area contributed by atoms with Crippen LogP contribution in [-0.2, 0) is 0 Å². The molecular weight excluding hydrogens is 172 g/mol. The SMILES string of the molecule is CC(C)(NO)/C(=N/O)c1ccco1. The smallest absolute Gasteiger partial charge is 0.153 e. The van der Waals surface area contributed by atoms with Crippen LogP contribution in [0.1, 0.15) is 19.6 Å². The van der Waals surface area contributed by atoms with Gasteiger partial charge in [0.1, 0.15) is 5.71 Å². The molecule has 5 heteroatoms. The molecule has 72 valence electrons. The Morgan fingerprint density at radius 1 is 1.62 bits per heavy atom. The van der Waals surface area contributed by atoms with Crippen LogP contribution in [0.25, 0.3) is 0 Å². The first kappa shape index (κ1) is 9.76. The fourth-order valence-electron chi connectivity index (χ4n) is 0.949. The fourth-order valence-corrected chi connectivity index (χ4v) is 0.949.